The Morgan fingerprint density at radius 1 is 0.878 bits per heavy atom. The van der Waals surface area contributed by atoms with Gasteiger partial charge in [-0.25, -0.2) is 8.42 Å². The van der Waals surface area contributed by atoms with Gasteiger partial charge in [0.25, 0.3) is 10.0 Å². The molecule has 0 unspecified atom stereocenters. The third-order valence-corrected chi connectivity index (χ3v) is 9.14. The van der Waals surface area contributed by atoms with E-state index in [1.54, 1.807) is 68.6 Å². The number of anilines is 1. The number of hydrogen-bond acceptors (Lipinski definition) is 6. The van der Waals surface area contributed by atoms with Gasteiger partial charge in [0, 0.05) is 12.6 Å². The van der Waals surface area contributed by atoms with Gasteiger partial charge >= 0.3 is 0 Å². The Kier molecular flexibility index (Phi) is 9.88. The molecule has 0 heterocycles. The van der Waals surface area contributed by atoms with Gasteiger partial charge < -0.3 is 19.7 Å². The summed E-state index contributed by atoms with van der Waals surface area (Å²) in [4.78, 5) is 28.8. The van der Waals surface area contributed by atoms with Crippen LogP contribution in [-0.2, 0) is 26.2 Å². The number of rotatable bonds is 12. The van der Waals surface area contributed by atoms with Crippen LogP contribution in [0.15, 0.2) is 83.8 Å². The molecule has 0 radical (unpaired) electrons. The molecule has 1 fully saturated rings. The monoisotopic (exact) mass is 579 g/mol. The summed E-state index contributed by atoms with van der Waals surface area (Å²) in [6, 6.07) is 20.9. The highest BCUT2D eigenvalue weighted by atomic mass is 32.2. The molecule has 1 saturated carbocycles. The van der Waals surface area contributed by atoms with Gasteiger partial charge in [0.1, 0.15) is 24.1 Å². The van der Waals surface area contributed by atoms with Crippen LogP contribution in [0.1, 0.15) is 38.2 Å². The average molecular weight is 580 g/mol. The largest absolute Gasteiger partial charge is 0.497 e. The van der Waals surface area contributed by atoms with Crippen LogP contribution in [0.5, 0.6) is 11.5 Å². The molecule has 41 heavy (non-hydrogen) atoms. The number of benzene rings is 3. The zero-order chi connectivity index (χ0) is 29.4. The fourth-order valence-electron chi connectivity index (χ4n) is 4.90. The van der Waals surface area contributed by atoms with Crippen molar-refractivity contribution in [3.8, 4) is 11.5 Å². The maximum absolute atomic E-state index is 14.0. The van der Waals surface area contributed by atoms with Crippen molar-refractivity contribution in [2.45, 2.75) is 56.1 Å². The van der Waals surface area contributed by atoms with Crippen molar-refractivity contribution < 1.29 is 27.5 Å². The molecule has 0 saturated heterocycles. The number of hydrogen-bond donors (Lipinski definition) is 1. The van der Waals surface area contributed by atoms with Crippen LogP contribution in [0.25, 0.3) is 0 Å². The SMILES string of the molecule is COc1ccc(CN(C(=O)CN(c2ccc(OC)cc2)S(=O)(=O)c2ccccc2)[C@@H](C)C(=O)NC2CCCC2)cc1. The van der Waals surface area contributed by atoms with E-state index in [2.05, 4.69) is 5.32 Å². The zero-order valence-corrected chi connectivity index (χ0v) is 24.5. The van der Waals surface area contributed by atoms with Crippen LogP contribution in [0.2, 0.25) is 0 Å². The zero-order valence-electron chi connectivity index (χ0n) is 23.7. The minimum absolute atomic E-state index is 0.0531. The minimum Gasteiger partial charge on any atom is -0.497 e. The van der Waals surface area contributed by atoms with Crippen molar-refractivity contribution in [3.05, 3.63) is 84.4 Å². The molecular weight excluding hydrogens is 542 g/mol. The van der Waals surface area contributed by atoms with E-state index in [4.69, 9.17) is 9.47 Å². The average Bonchev–Trinajstić information content (AvgIpc) is 3.52. The van der Waals surface area contributed by atoms with Crippen molar-refractivity contribution in [2.24, 2.45) is 0 Å². The number of sulfonamides is 1. The van der Waals surface area contributed by atoms with E-state index in [1.807, 2.05) is 12.1 Å². The fraction of sp³-hybridized carbons (Fsp3) is 0.355. The standard InChI is InChI=1S/C31H37N3O6S/c1-23(31(36)32-25-9-7-8-10-25)33(21-24-13-17-27(39-2)18-14-24)30(35)22-34(26-15-19-28(40-3)20-16-26)41(37,38)29-11-5-4-6-12-29/h4-6,11-20,23,25H,7-10,21-22H2,1-3H3,(H,32,36)/t23-/m0/s1. The Bertz CT molecular complexity index is 1410. The summed E-state index contributed by atoms with van der Waals surface area (Å²) in [5.74, 6) is 0.444. The smallest absolute Gasteiger partial charge is 0.264 e. The highest BCUT2D eigenvalue weighted by molar-refractivity contribution is 7.92. The molecule has 9 nitrogen and oxygen atoms in total. The normalized spacial score (nSPS) is 14.2. The van der Waals surface area contributed by atoms with E-state index in [9.17, 15) is 18.0 Å². The Morgan fingerprint density at radius 3 is 2.00 bits per heavy atom. The van der Waals surface area contributed by atoms with Crippen molar-refractivity contribution in [3.63, 3.8) is 0 Å². The highest BCUT2D eigenvalue weighted by Crippen LogP contribution is 2.27. The predicted octanol–water partition coefficient (Wildman–Crippen LogP) is 4.38. The molecule has 0 bridgehead atoms. The third kappa shape index (κ3) is 7.38. The van der Waals surface area contributed by atoms with E-state index in [0.29, 0.717) is 17.2 Å². The van der Waals surface area contributed by atoms with Gasteiger partial charge in [0.05, 0.1) is 24.8 Å². The molecule has 0 aliphatic heterocycles. The summed E-state index contributed by atoms with van der Waals surface area (Å²) in [5.41, 5.74) is 1.08. The topological polar surface area (TPSA) is 105 Å². The molecule has 10 heteroatoms. The first kappa shape index (κ1) is 29.9. The molecule has 1 aliphatic carbocycles. The summed E-state index contributed by atoms with van der Waals surface area (Å²) in [6.07, 6.45) is 3.93. The van der Waals surface area contributed by atoms with Gasteiger partial charge in [0.15, 0.2) is 0 Å². The lowest BCUT2D eigenvalue weighted by molar-refractivity contribution is -0.139. The maximum Gasteiger partial charge on any atom is 0.264 e. The lowest BCUT2D eigenvalue weighted by Gasteiger charge is -2.32. The summed E-state index contributed by atoms with van der Waals surface area (Å²) in [5, 5.41) is 3.07. The van der Waals surface area contributed by atoms with E-state index < -0.39 is 28.5 Å². The maximum atomic E-state index is 14.0. The van der Waals surface area contributed by atoms with Crippen LogP contribution < -0.4 is 19.1 Å². The molecule has 3 aromatic carbocycles. The van der Waals surface area contributed by atoms with Crippen LogP contribution in [0.3, 0.4) is 0 Å². The molecule has 3 aromatic rings. The van der Waals surface area contributed by atoms with Crippen LogP contribution in [0, 0.1) is 0 Å². The lowest BCUT2D eigenvalue weighted by atomic mass is 10.1. The summed E-state index contributed by atoms with van der Waals surface area (Å²) in [6.45, 7) is 1.29. The Balaban J connectivity index is 1.67. The van der Waals surface area contributed by atoms with Gasteiger partial charge in [-0.3, -0.25) is 13.9 Å². The molecule has 1 N–H and O–H groups in total. The first-order valence-corrected chi connectivity index (χ1v) is 15.1. The Morgan fingerprint density at radius 2 is 1.44 bits per heavy atom. The number of nitrogens with zero attached hydrogens (tertiary/aromatic N) is 2. The number of amides is 2. The highest BCUT2D eigenvalue weighted by Gasteiger charge is 2.33. The number of nitrogens with one attached hydrogen (secondary N) is 1. The molecule has 0 aromatic heterocycles. The first-order chi connectivity index (χ1) is 19.7. The van der Waals surface area contributed by atoms with Gasteiger partial charge in [-0.15, -0.1) is 0 Å². The number of methoxy groups -OCH3 is 2. The molecule has 4 rings (SSSR count). The van der Waals surface area contributed by atoms with Gasteiger partial charge in [-0.1, -0.05) is 43.2 Å². The first-order valence-electron chi connectivity index (χ1n) is 13.7. The predicted molar refractivity (Wildman–Crippen MR) is 157 cm³/mol. The summed E-state index contributed by atoms with van der Waals surface area (Å²) in [7, 11) is -1.03. The summed E-state index contributed by atoms with van der Waals surface area (Å²) < 4.78 is 39.2. The van der Waals surface area contributed by atoms with E-state index in [0.717, 1.165) is 35.6 Å². The van der Waals surface area contributed by atoms with Crippen molar-refractivity contribution >= 4 is 27.5 Å². The molecular formula is C31H37N3O6S. The molecule has 218 valence electrons. The van der Waals surface area contributed by atoms with Gasteiger partial charge in [0.2, 0.25) is 11.8 Å². The van der Waals surface area contributed by atoms with Gasteiger partial charge in [-0.2, -0.15) is 0 Å². The lowest BCUT2D eigenvalue weighted by Crippen LogP contribution is -2.52. The van der Waals surface area contributed by atoms with Crippen LogP contribution in [-0.4, -0.2) is 58.0 Å². The fourth-order valence-corrected chi connectivity index (χ4v) is 6.33. The van der Waals surface area contributed by atoms with E-state index >= 15 is 0 Å². The second kappa shape index (κ2) is 13.5. The summed E-state index contributed by atoms with van der Waals surface area (Å²) >= 11 is 0. The Hall–Kier alpha value is -4.05. The number of ether oxygens (including phenoxy) is 2. The molecule has 1 aliphatic rings. The van der Waals surface area contributed by atoms with Crippen LogP contribution in [0.4, 0.5) is 5.69 Å². The molecule has 0 spiro atoms. The van der Waals surface area contributed by atoms with Gasteiger partial charge in [-0.05, 0) is 73.9 Å². The number of carbonyl (C=O) groups is 2. The number of carbonyl (C=O) groups excluding carboxylic acids is 2. The van der Waals surface area contributed by atoms with Crippen molar-refractivity contribution in [1.29, 1.82) is 0 Å². The van der Waals surface area contributed by atoms with Crippen LogP contribution >= 0.6 is 0 Å². The second-order valence-electron chi connectivity index (χ2n) is 10.1. The Labute approximate surface area is 242 Å². The van der Waals surface area contributed by atoms with Crippen molar-refractivity contribution in [1.82, 2.24) is 10.2 Å². The van der Waals surface area contributed by atoms with E-state index in [1.165, 1.54) is 24.1 Å². The molecule has 2 amide bonds. The molecule has 1 atom stereocenters. The van der Waals surface area contributed by atoms with E-state index in [-0.39, 0.29) is 23.4 Å². The quantitative estimate of drug-likeness (QED) is 0.342. The minimum atomic E-state index is -4.12. The van der Waals surface area contributed by atoms with Crippen molar-refractivity contribution in [2.75, 3.05) is 25.1 Å². The third-order valence-electron chi connectivity index (χ3n) is 7.35. The second-order valence-corrected chi connectivity index (χ2v) is 11.9.